The summed E-state index contributed by atoms with van der Waals surface area (Å²) in [5.74, 6) is 0. The van der Waals surface area contributed by atoms with Crippen LogP contribution in [0.1, 0.15) is 30.5 Å². The Morgan fingerprint density at radius 1 is 0.958 bits per heavy atom. The monoisotopic (exact) mass is 325 g/mol. The number of para-hydroxylation sites is 2. The van der Waals surface area contributed by atoms with Crippen LogP contribution in [-0.4, -0.2) is 30.4 Å². The molecule has 2 aromatic rings. The van der Waals surface area contributed by atoms with E-state index in [0.717, 1.165) is 36.1 Å². The van der Waals surface area contributed by atoms with E-state index < -0.39 is 0 Å². The molecular formula is C21H29N2O+. The van der Waals surface area contributed by atoms with Crippen LogP contribution in [0.3, 0.4) is 0 Å². The number of benzene rings is 2. The van der Waals surface area contributed by atoms with Gasteiger partial charge in [0, 0.05) is 16.9 Å². The van der Waals surface area contributed by atoms with Crippen LogP contribution in [0.15, 0.2) is 42.5 Å². The number of hydrogen-bond donors (Lipinski definition) is 1. The Bertz CT molecular complexity index is 670. The molecule has 0 spiro atoms. The number of nitrogens with one attached hydrogen (secondary N) is 1. The van der Waals surface area contributed by atoms with Crippen molar-refractivity contribution in [1.29, 1.82) is 0 Å². The number of quaternary nitrogens is 1. The smallest absolute Gasteiger partial charge is 0.174 e. The predicted molar refractivity (Wildman–Crippen MR) is 102 cm³/mol. The molecule has 1 N–H and O–H groups in total. The van der Waals surface area contributed by atoms with Crippen LogP contribution < -0.4 is 5.32 Å². The summed E-state index contributed by atoms with van der Waals surface area (Å²) in [4.78, 5) is 11.2. The minimum Gasteiger partial charge on any atom is -0.355 e. The summed E-state index contributed by atoms with van der Waals surface area (Å²) >= 11 is 0. The molecule has 0 heterocycles. The van der Waals surface area contributed by atoms with E-state index >= 15 is 0 Å². The lowest BCUT2D eigenvalue weighted by Crippen LogP contribution is -2.48. The predicted octanol–water partition coefficient (Wildman–Crippen LogP) is 4.60. The third kappa shape index (κ3) is 4.04. The molecule has 0 aliphatic carbocycles. The Hall–Kier alpha value is -2.13. The van der Waals surface area contributed by atoms with Crippen molar-refractivity contribution in [1.82, 2.24) is 0 Å². The molecule has 0 aromatic heterocycles. The van der Waals surface area contributed by atoms with Gasteiger partial charge in [0.1, 0.15) is 13.1 Å². The molecule has 0 atom stereocenters. The van der Waals surface area contributed by atoms with Gasteiger partial charge in [0.2, 0.25) is 0 Å². The van der Waals surface area contributed by atoms with Crippen molar-refractivity contribution in [2.75, 3.05) is 25.0 Å². The summed E-state index contributed by atoms with van der Waals surface area (Å²) in [6.45, 7) is 11.9. The lowest BCUT2D eigenvalue weighted by atomic mass is 10.1. The molecular weight excluding hydrogens is 296 g/mol. The third-order valence-corrected chi connectivity index (χ3v) is 5.07. The molecule has 0 radical (unpaired) electrons. The van der Waals surface area contributed by atoms with Crippen molar-refractivity contribution in [2.24, 2.45) is 0 Å². The van der Waals surface area contributed by atoms with Crippen molar-refractivity contribution >= 4 is 17.7 Å². The minimum absolute atomic E-state index is 0.560. The van der Waals surface area contributed by atoms with E-state index in [1.165, 1.54) is 22.4 Å². The summed E-state index contributed by atoms with van der Waals surface area (Å²) < 4.78 is 0.787. The van der Waals surface area contributed by atoms with Crippen molar-refractivity contribution in [2.45, 2.75) is 34.2 Å². The first kappa shape index (κ1) is 18.2. The Balaban J connectivity index is 2.35. The van der Waals surface area contributed by atoms with Crippen LogP contribution in [0.2, 0.25) is 0 Å². The maximum absolute atomic E-state index is 11.2. The molecule has 3 nitrogen and oxygen atoms in total. The highest BCUT2D eigenvalue weighted by molar-refractivity contribution is 5.68. The van der Waals surface area contributed by atoms with Gasteiger partial charge in [-0.15, -0.1) is 0 Å². The zero-order valence-corrected chi connectivity index (χ0v) is 15.3. The molecule has 2 aromatic carbocycles. The zero-order valence-electron chi connectivity index (χ0n) is 15.3. The second-order valence-corrected chi connectivity index (χ2v) is 6.53. The number of hydrogen-bond acceptors (Lipinski definition) is 2. The molecule has 128 valence electrons. The second kappa shape index (κ2) is 8.11. The van der Waals surface area contributed by atoms with Gasteiger partial charge in [-0.05, 0) is 44.9 Å². The fourth-order valence-electron chi connectivity index (χ4n) is 3.22. The lowest BCUT2D eigenvalue weighted by molar-refractivity contribution is -0.929. The van der Waals surface area contributed by atoms with Crippen LogP contribution in [0, 0.1) is 13.8 Å². The highest BCUT2D eigenvalue weighted by Gasteiger charge is 2.24. The van der Waals surface area contributed by atoms with Crippen molar-refractivity contribution in [3.05, 3.63) is 59.2 Å². The fourth-order valence-corrected chi connectivity index (χ4v) is 3.22. The second-order valence-electron chi connectivity index (χ2n) is 6.53. The van der Waals surface area contributed by atoms with Gasteiger partial charge in [-0.3, -0.25) is 4.79 Å². The summed E-state index contributed by atoms with van der Waals surface area (Å²) in [6.07, 6.45) is 1.05. The van der Waals surface area contributed by atoms with E-state index in [-0.39, 0.29) is 0 Å². The number of nitrogens with zero attached hydrogens (tertiary/aromatic N) is 1. The molecule has 0 aliphatic heterocycles. The molecule has 0 fully saturated rings. The number of likely N-dealkylation sites (N-methyl/N-ethyl adjacent to an activating group) is 1. The van der Waals surface area contributed by atoms with E-state index in [9.17, 15) is 4.79 Å². The number of carbonyl (C=O) groups excluding carboxylic acids is 1. The number of aldehydes is 1. The molecule has 0 unspecified atom stereocenters. The summed E-state index contributed by atoms with van der Waals surface area (Å²) in [6, 6.07) is 14.8. The first-order valence-electron chi connectivity index (χ1n) is 8.75. The van der Waals surface area contributed by atoms with Crippen LogP contribution in [0.5, 0.6) is 0 Å². The fraction of sp³-hybridized carbons (Fsp3) is 0.381. The lowest BCUT2D eigenvalue weighted by Gasteiger charge is -2.35. The Morgan fingerprint density at radius 2 is 1.58 bits per heavy atom. The topological polar surface area (TPSA) is 29.1 Å². The maximum Gasteiger partial charge on any atom is 0.174 e. The zero-order chi connectivity index (χ0) is 17.6. The largest absolute Gasteiger partial charge is 0.355 e. The van der Waals surface area contributed by atoms with Gasteiger partial charge in [0.05, 0.1) is 13.1 Å². The highest BCUT2D eigenvalue weighted by Crippen LogP contribution is 2.28. The van der Waals surface area contributed by atoms with Crippen molar-refractivity contribution in [3.63, 3.8) is 0 Å². The van der Waals surface area contributed by atoms with Gasteiger partial charge in [-0.2, -0.15) is 0 Å². The van der Waals surface area contributed by atoms with Gasteiger partial charge in [0.25, 0.3) is 0 Å². The number of carbonyl (C=O) groups is 1. The number of anilines is 2. The van der Waals surface area contributed by atoms with E-state index in [0.29, 0.717) is 6.54 Å². The normalized spacial score (nSPS) is 11.3. The average molecular weight is 325 g/mol. The molecule has 0 amide bonds. The first-order chi connectivity index (χ1) is 11.5. The molecule has 0 saturated heterocycles. The highest BCUT2D eigenvalue weighted by atomic mass is 16.1. The van der Waals surface area contributed by atoms with Gasteiger partial charge >= 0.3 is 0 Å². The Morgan fingerprint density at radius 3 is 2.17 bits per heavy atom. The maximum atomic E-state index is 11.2. The quantitative estimate of drug-likeness (QED) is 0.567. The molecule has 2 rings (SSSR count). The first-order valence-corrected chi connectivity index (χ1v) is 8.75. The standard InChI is InChI=1S/C21H29N2O/c1-5-23(6-2,14-15-24)16-19-12-7-8-13-20(19)22-21-17(3)10-9-11-18(21)4/h7-13,15,22H,5-6,14,16H2,1-4H3/q+1. The molecule has 0 saturated carbocycles. The average Bonchev–Trinajstić information content (AvgIpc) is 2.59. The number of rotatable bonds is 8. The van der Waals surface area contributed by atoms with E-state index in [1.54, 1.807) is 0 Å². The molecule has 0 aliphatic rings. The SMILES string of the molecule is CC[N+](CC)(CC=O)Cc1ccccc1Nc1c(C)cccc1C. The third-order valence-electron chi connectivity index (χ3n) is 5.07. The van der Waals surface area contributed by atoms with Crippen LogP contribution in [-0.2, 0) is 11.3 Å². The van der Waals surface area contributed by atoms with Gasteiger partial charge in [-0.1, -0.05) is 36.4 Å². The van der Waals surface area contributed by atoms with Crippen LogP contribution in [0.4, 0.5) is 11.4 Å². The molecule has 0 bridgehead atoms. The van der Waals surface area contributed by atoms with Crippen molar-refractivity contribution < 1.29 is 9.28 Å². The summed E-state index contributed by atoms with van der Waals surface area (Å²) in [5, 5.41) is 3.62. The van der Waals surface area contributed by atoms with Crippen LogP contribution in [0.25, 0.3) is 0 Å². The van der Waals surface area contributed by atoms with Crippen LogP contribution >= 0.6 is 0 Å². The summed E-state index contributed by atoms with van der Waals surface area (Å²) in [5.41, 5.74) is 6.04. The van der Waals surface area contributed by atoms with Gasteiger partial charge in [-0.25, -0.2) is 0 Å². The number of aryl methyl sites for hydroxylation is 2. The minimum atomic E-state index is 0.560. The van der Waals surface area contributed by atoms with Gasteiger partial charge < -0.3 is 9.80 Å². The van der Waals surface area contributed by atoms with E-state index in [2.05, 4.69) is 75.5 Å². The molecule has 3 heteroatoms. The Kier molecular flexibility index (Phi) is 6.16. The van der Waals surface area contributed by atoms with Crippen molar-refractivity contribution in [3.8, 4) is 0 Å². The van der Waals surface area contributed by atoms with E-state index in [1.807, 2.05) is 0 Å². The van der Waals surface area contributed by atoms with E-state index in [4.69, 9.17) is 0 Å². The Labute approximate surface area is 145 Å². The summed E-state index contributed by atoms with van der Waals surface area (Å²) in [7, 11) is 0. The molecule has 24 heavy (non-hydrogen) atoms. The van der Waals surface area contributed by atoms with Gasteiger partial charge in [0.15, 0.2) is 6.29 Å².